The lowest BCUT2D eigenvalue weighted by molar-refractivity contribution is -0.137. The fourth-order valence-electron chi connectivity index (χ4n) is 1.39. The van der Waals surface area contributed by atoms with Crippen molar-refractivity contribution in [1.29, 1.82) is 5.26 Å². The van der Waals surface area contributed by atoms with Crippen LogP contribution < -0.4 is 5.32 Å². The lowest BCUT2D eigenvalue weighted by atomic mass is 10.1. The second kappa shape index (κ2) is 5.19. The predicted molar refractivity (Wildman–Crippen MR) is 69.3 cm³/mol. The molecular weight excluding hydrogens is 343 g/mol. The molecule has 0 unspecified atom stereocenters. The molecule has 0 bridgehead atoms. The van der Waals surface area contributed by atoms with E-state index in [4.69, 9.17) is 5.26 Å². The lowest BCUT2D eigenvalue weighted by Crippen LogP contribution is -2.08. The number of rotatable bonds is 2. The van der Waals surface area contributed by atoms with Crippen LogP contribution in [0.5, 0.6) is 0 Å². The van der Waals surface area contributed by atoms with Crippen LogP contribution in [0.1, 0.15) is 11.1 Å². The van der Waals surface area contributed by atoms with Gasteiger partial charge in [-0.25, -0.2) is 4.98 Å². The first-order chi connectivity index (χ1) is 8.90. The van der Waals surface area contributed by atoms with Gasteiger partial charge in [-0.05, 0) is 34.1 Å². The Morgan fingerprint density at radius 1 is 1.37 bits per heavy atom. The molecule has 8 heteroatoms. The number of hydrogen-bond acceptors (Lipinski definition) is 4. The summed E-state index contributed by atoms with van der Waals surface area (Å²) in [5, 5.41) is 13.6. The highest BCUT2D eigenvalue weighted by molar-refractivity contribution is 9.10. The average molecular weight is 348 g/mol. The van der Waals surface area contributed by atoms with Crippen LogP contribution in [0, 0.1) is 11.3 Å². The number of halogens is 4. The topological polar surface area (TPSA) is 48.7 Å². The number of anilines is 2. The molecule has 2 aromatic rings. The molecule has 0 atom stereocenters. The zero-order chi connectivity index (χ0) is 14.0. The summed E-state index contributed by atoms with van der Waals surface area (Å²) in [6.45, 7) is 0. The van der Waals surface area contributed by atoms with Crippen LogP contribution in [0.2, 0.25) is 0 Å². The van der Waals surface area contributed by atoms with Crippen molar-refractivity contribution in [3.8, 4) is 6.07 Å². The summed E-state index contributed by atoms with van der Waals surface area (Å²) in [5.41, 5.74) is -1.14. The fourth-order valence-corrected chi connectivity index (χ4v) is 2.55. The monoisotopic (exact) mass is 347 g/mol. The molecule has 2 rings (SSSR count). The summed E-state index contributed by atoms with van der Waals surface area (Å²) < 4.78 is 38.9. The van der Waals surface area contributed by atoms with Crippen molar-refractivity contribution in [3.63, 3.8) is 0 Å². The molecule has 98 valence electrons. The zero-order valence-electron chi connectivity index (χ0n) is 9.12. The molecule has 1 aromatic heterocycles. The number of nitrogens with zero attached hydrogens (tertiary/aromatic N) is 2. The summed E-state index contributed by atoms with van der Waals surface area (Å²) in [7, 11) is 0. The normalized spacial score (nSPS) is 11.1. The van der Waals surface area contributed by atoms with Crippen molar-refractivity contribution in [2.45, 2.75) is 6.18 Å². The number of alkyl halides is 3. The molecule has 0 saturated heterocycles. The molecule has 1 heterocycles. The van der Waals surface area contributed by atoms with Crippen molar-refractivity contribution < 1.29 is 13.2 Å². The molecule has 0 aliphatic rings. The molecule has 0 amide bonds. The van der Waals surface area contributed by atoms with Gasteiger partial charge >= 0.3 is 6.18 Å². The van der Waals surface area contributed by atoms with E-state index in [0.717, 1.165) is 12.1 Å². The Hall–Kier alpha value is -1.59. The molecule has 3 nitrogen and oxygen atoms in total. The van der Waals surface area contributed by atoms with Gasteiger partial charge in [0.05, 0.1) is 17.2 Å². The Labute approximate surface area is 118 Å². The first-order valence-corrected chi connectivity index (χ1v) is 6.57. The quantitative estimate of drug-likeness (QED) is 0.867. The van der Waals surface area contributed by atoms with Crippen molar-refractivity contribution in [2.24, 2.45) is 0 Å². The van der Waals surface area contributed by atoms with E-state index >= 15 is 0 Å². The van der Waals surface area contributed by atoms with E-state index in [-0.39, 0.29) is 5.69 Å². The van der Waals surface area contributed by atoms with Gasteiger partial charge in [0, 0.05) is 11.1 Å². The van der Waals surface area contributed by atoms with Crippen molar-refractivity contribution in [3.05, 3.63) is 39.3 Å². The van der Waals surface area contributed by atoms with E-state index in [0.29, 0.717) is 9.73 Å². The summed E-state index contributed by atoms with van der Waals surface area (Å²) in [5.74, 6) is 0. The summed E-state index contributed by atoms with van der Waals surface area (Å²) in [6, 6.07) is 4.96. The highest BCUT2D eigenvalue weighted by Gasteiger charge is 2.33. The van der Waals surface area contributed by atoms with Gasteiger partial charge in [-0.2, -0.15) is 18.4 Å². The molecule has 0 aliphatic heterocycles. The van der Waals surface area contributed by atoms with Crippen LogP contribution in [0.25, 0.3) is 0 Å². The number of nitriles is 1. The van der Waals surface area contributed by atoms with Crippen LogP contribution in [-0.2, 0) is 6.18 Å². The number of nitrogens with one attached hydrogen (secondary N) is 1. The van der Waals surface area contributed by atoms with E-state index in [1.54, 1.807) is 5.38 Å². The molecule has 0 saturated carbocycles. The molecule has 0 fully saturated rings. The number of thiazole rings is 1. The van der Waals surface area contributed by atoms with Gasteiger partial charge in [0.25, 0.3) is 0 Å². The number of benzene rings is 1. The molecule has 1 aromatic carbocycles. The second-order valence-electron chi connectivity index (χ2n) is 3.47. The Kier molecular flexibility index (Phi) is 3.78. The molecule has 0 spiro atoms. The highest BCUT2D eigenvalue weighted by atomic mass is 79.9. The van der Waals surface area contributed by atoms with Gasteiger partial charge < -0.3 is 5.32 Å². The van der Waals surface area contributed by atoms with Crippen molar-refractivity contribution >= 4 is 38.1 Å². The highest BCUT2D eigenvalue weighted by Crippen LogP contribution is 2.34. The van der Waals surface area contributed by atoms with E-state index in [9.17, 15) is 13.2 Å². The Morgan fingerprint density at radius 2 is 2.11 bits per heavy atom. The van der Waals surface area contributed by atoms with Crippen LogP contribution in [-0.4, -0.2) is 4.98 Å². The third kappa shape index (κ3) is 3.24. The maximum absolute atomic E-state index is 12.8. The molecule has 0 radical (unpaired) electrons. The van der Waals surface area contributed by atoms with Gasteiger partial charge in [0.2, 0.25) is 0 Å². The van der Waals surface area contributed by atoms with Crippen molar-refractivity contribution in [2.75, 3.05) is 5.32 Å². The van der Waals surface area contributed by atoms with Gasteiger partial charge in [0.1, 0.15) is 4.60 Å². The third-order valence-corrected chi connectivity index (χ3v) is 3.64. The van der Waals surface area contributed by atoms with E-state index < -0.39 is 17.3 Å². The van der Waals surface area contributed by atoms with E-state index in [1.165, 1.54) is 23.5 Å². The number of hydrogen-bond donors (Lipinski definition) is 1. The SMILES string of the molecule is N#Cc1ccc(Nc2nc(Br)cs2)cc1C(F)(F)F. The van der Waals surface area contributed by atoms with Crippen LogP contribution in [0.15, 0.2) is 28.2 Å². The summed E-state index contributed by atoms with van der Waals surface area (Å²) in [4.78, 5) is 4.02. The predicted octanol–water partition coefficient (Wildman–Crippen LogP) is 4.54. The van der Waals surface area contributed by atoms with Gasteiger partial charge in [-0.3, -0.25) is 0 Å². The number of aromatic nitrogens is 1. The van der Waals surface area contributed by atoms with Crippen molar-refractivity contribution in [1.82, 2.24) is 4.98 Å². The second-order valence-corrected chi connectivity index (χ2v) is 5.14. The van der Waals surface area contributed by atoms with Crippen LogP contribution in [0.3, 0.4) is 0 Å². The van der Waals surface area contributed by atoms with E-state index in [2.05, 4.69) is 26.2 Å². The van der Waals surface area contributed by atoms with E-state index in [1.807, 2.05) is 0 Å². The minimum Gasteiger partial charge on any atom is -0.332 e. The molecule has 0 aliphatic carbocycles. The van der Waals surface area contributed by atoms with Gasteiger partial charge in [0.15, 0.2) is 5.13 Å². The van der Waals surface area contributed by atoms with Gasteiger partial charge in [-0.1, -0.05) is 0 Å². The third-order valence-electron chi connectivity index (χ3n) is 2.17. The minimum atomic E-state index is -4.56. The summed E-state index contributed by atoms with van der Waals surface area (Å²) in [6.07, 6.45) is -4.56. The smallest absolute Gasteiger partial charge is 0.332 e. The Morgan fingerprint density at radius 3 is 2.63 bits per heavy atom. The standard InChI is InChI=1S/C11H5BrF3N3S/c12-9-5-19-10(18-9)17-7-2-1-6(4-16)8(3-7)11(13,14)15/h1-3,5H,(H,17,18). The first-order valence-electron chi connectivity index (χ1n) is 4.89. The van der Waals surface area contributed by atoms with Crippen LogP contribution in [0.4, 0.5) is 24.0 Å². The van der Waals surface area contributed by atoms with Crippen LogP contribution >= 0.6 is 27.3 Å². The largest absolute Gasteiger partial charge is 0.417 e. The average Bonchev–Trinajstić information content (AvgIpc) is 2.73. The Bertz CT molecular complexity index is 645. The maximum atomic E-state index is 12.8. The maximum Gasteiger partial charge on any atom is 0.417 e. The molecule has 1 N–H and O–H groups in total. The first kappa shape index (κ1) is 13.8. The molecular formula is C11H5BrF3N3S. The molecule has 19 heavy (non-hydrogen) atoms. The minimum absolute atomic E-state index is 0.230. The van der Waals surface area contributed by atoms with Gasteiger partial charge in [-0.15, -0.1) is 11.3 Å². The lowest BCUT2D eigenvalue weighted by Gasteiger charge is -2.11. The summed E-state index contributed by atoms with van der Waals surface area (Å²) >= 11 is 4.40. The Balaban J connectivity index is 2.36. The zero-order valence-corrected chi connectivity index (χ0v) is 11.5. The fraction of sp³-hybridized carbons (Fsp3) is 0.0909.